The van der Waals surface area contributed by atoms with Gasteiger partial charge < -0.3 is 20.1 Å². The van der Waals surface area contributed by atoms with Crippen LogP contribution in [0.4, 0.5) is 11.4 Å². The molecule has 1 heterocycles. The fraction of sp³-hybridized carbons (Fsp3) is 0.222. The van der Waals surface area contributed by atoms with Crippen molar-refractivity contribution < 1.29 is 23.3 Å². The summed E-state index contributed by atoms with van der Waals surface area (Å²) in [6.45, 7) is 0.924. The Morgan fingerprint density at radius 1 is 0.889 bits per heavy atom. The van der Waals surface area contributed by atoms with Crippen molar-refractivity contribution in [2.75, 3.05) is 35.4 Å². The van der Waals surface area contributed by atoms with E-state index in [1.807, 2.05) is 0 Å². The van der Waals surface area contributed by atoms with Crippen molar-refractivity contribution in [3.8, 4) is 11.5 Å². The van der Waals surface area contributed by atoms with E-state index in [1.165, 1.54) is 0 Å². The first kappa shape index (κ1) is 19.2. The van der Waals surface area contributed by atoms with Crippen molar-refractivity contribution in [2.45, 2.75) is 0 Å². The largest absolute Gasteiger partial charge is 0.486 e. The van der Waals surface area contributed by atoms with Crippen molar-refractivity contribution >= 4 is 45.6 Å². The number of benzene rings is 2. The third-order valence-electron chi connectivity index (χ3n) is 3.54. The molecule has 0 aliphatic carbocycles. The molecule has 0 spiro atoms. The van der Waals surface area contributed by atoms with Gasteiger partial charge >= 0.3 is 0 Å². The summed E-state index contributed by atoms with van der Waals surface area (Å²) in [4.78, 5) is 24.0. The molecule has 1 atom stereocenters. The van der Waals surface area contributed by atoms with Gasteiger partial charge in [-0.15, -0.1) is 0 Å². The van der Waals surface area contributed by atoms with E-state index in [0.29, 0.717) is 41.1 Å². The first-order chi connectivity index (χ1) is 13.0. The van der Waals surface area contributed by atoms with Crippen molar-refractivity contribution in [3.05, 3.63) is 47.5 Å². The molecular formula is C18H17ClN2O5S. The molecular weight excluding hydrogens is 392 g/mol. The van der Waals surface area contributed by atoms with E-state index in [4.69, 9.17) is 21.1 Å². The summed E-state index contributed by atoms with van der Waals surface area (Å²) in [5.41, 5.74) is 1.05. The second-order valence-corrected chi connectivity index (χ2v) is 7.58. The van der Waals surface area contributed by atoms with E-state index >= 15 is 0 Å². The summed E-state index contributed by atoms with van der Waals surface area (Å²) in [5.74, 6) is -0.309. The molecule has 0 saturated carbocycles. The summed E-state index contributed by atoms with van der Waals surface area (Å²) in [7, 11) is -1.64. The summed E-state index contributed by atoms with van der Waals surface area (Å²) in [5, 5.41) is 5.79. The fourth-order valence-corrected chi connectivity index (χ4v) is 3.35. The number of fused-ring (bicyclic) bond motifs is 1. The Hall–Kier alpha value is -2.58. The Kier molecular flexibility index (Phi) is 6.31. The number of hydrogen-bond donors (Lipinski definition) is 2. The maximum Gasteiger partial charge on any atom is 0.237 e. The highest BCUT2D eigenvalue weighted by Crippen LogP contribution is 2.32. The van der Waals surface area contributed by atoms with Crippen molar-refractivity contribution in [1.29, 1.82) is 0 Å². The first-order valence-corrected chi connectivity index (χ1v) is 9.96. The van der Waals surface area contributed by atoms with Gasteiger partial charge in [-0.05, 0) is 36.4 Å². The number of halogens is 1. The molecule has 3 rings (SSSR count). The van der Waals surface area contributed by atoms with Gasteiger partial charge in [0.05, 0.1) is 0 Å². The Morgan fingerprint density at radius 2 is 1.44 bits per heavy atom. The monoisotopic (exact) mass is 408 g/mol. The van der Waals surface area contributed by atoms with E-state index in [9.17, 15) is 13.8 Å². The van der Waals surface area contributed by atoms with Gasteiger partial charge in [0.2, 0.25) is 11.8 Å². The van der Waals surface area contributed by atoms with Gasteiger partial charge in [0.1, 0.15) is 24.7 Å². The predicted molar refractivity (Wildman–Crippen MR) is 104 cm³/mol. The first-order valence-electron chi connectivity index (χ1n) is 8.09. The highest BCUT2D eigenvalue weighted by molar-refractivity contribution is 7.86. The second-order valence-electron chi connectivity index (χ2n) is 5.69. The van der Waals surface area contributed by atoms with E-state index in [1.54, 1.807) is 42.5 Å². The van der Waals surface area contributed by atoms with Crippen molar-refractivity contribution in [3.63, 3.8) is 0 Å². The predicted octanol–water partition coefficient (Wildman–Crippen LogP) is 2.44. The Balaban J connectivity index is 1.48. The van der Waals surface area contributed by atoms with Gasteiger partial charge in [0.25, 0.3) is 0 Å². The molecule has 9 heteroatoms. The van der Waals surface area contributed by atoms with E-state index in [0.717, 1.165) is 0 Å². The lowest BCUT2D eigenvalue weighted by Crippen LogP contribution is -2.26. The van der Waals surface area contributed by atoms with Crippen LogP contribution < -0.4 is 20.1 Å². The number of hydrogen-bond acceptors (Lipinski definition) is 5. The van der Waals surface area contributed by atoms with Crippen LogP contribution >= 0.6 is 11.6 Å². The molecule has 2 aromatic carbocycles. The minimum atomic E-state index is -1.64. The Bertz CT molecular complexity index is 873. The van der Waals surface area contributed by atoms with Crippen LogP contribution in [0.25, 0.3) is 0 Å². The fourth-order valence-electron chi connectivity index (χ4n) is 2.39. The Labute approximate surface area is 163 Å². The molecule has 0 aromatic heterocycles. The van der Waals surface area contributed by atoms with Gasteiger partial charge in [-0.2, -0.15) is 0 Å². The molecule has 2 amide bonds. The second kappa shape index (κ2) is 8.88. The normalized spacial score (nSPS) is 13.5. The van der Waals surface area contributed by atoms with Gasteiger partial charge in [-0.3, -0.25) is 13.8 Å². The number of carbonyl (C=O) groups excluding carboxylic acids is 2. The molecule has 1 aliphatic heterocycles. The van der Waals surface area contributed by atoms with Crippen LogP contribution in [0, 0.1) is 0 Å². The molecule has 0 saturated heterocycles. The zero-order valence-corrected chi connectivity index (χ0v) is 15.8. The summed E-state index contributed by atoms with van der Waals surface area (Å²) < 4.78 is 22.9. The minimum Gasteiger partial charge on any atom is -0.486 e. The number of ether oxygens (including phenoxy) is 2. The topological polar surface area (TPSA) is 93.7 Å². The van der Waals surface area contributed by atoms with E-state index in [-0.39, 0.29) is 11.5 Å². The average molecular weight is 409 g/mol. The van der Waals surface area contributed by atoms with Crippen LogP contribution in [-0.2, 0) is 20.4 Å². The molecule has 0 radical (unpaired) electrons. The number of nitrogens with one attached hydrogen (secondary N) is 2. The summed E-state index contributed by atoms with van der Waals surface area (Å²) in [6.07, 6.45) is 0. The maximum absolute atomic E-state index is 12.1. The van der Waals surface area contributed by atoms with Gasteiger partial charge in [0.15, 0.2) is 11.5 Å². The van der Waals surface area contributed by atoms with E-state index < -0.39 is 22.6 Å². The molecule has 0 unspecified atom stereocenters. The average Bonchev–Trinajstić information content (AvgIpc) is 2.63. The molecule has 7 nitrogen and oxygen atoms in total. The lowest BCUT2D eigenvalue weighted by atomic mass is 10.2. The zero-order valence-electron chi connectivity index (χ0n) is 14.2. The number of anilines is 2. The summed E-state index contributed by atoms with van der Waals surface area (Å²) in [6, 6.07) is 11.5. The maximum atomic E-state index is 12.1. The van der Waals surface area contributed by atoms with Crippen LogP contribution in [0.2, 0.25) is 5.02 Å². The molecule has 1 aliphatic rings. The summed E-state index contributed by atoms with van der Waals surface area (Å²) >= 11 is 5.77. The molecule has 0 fully saturated rings. The highest BCUT2D eigenvalue weighted by Gasteiger charge is 2.15. The molecule has 0 bridgehead atoms. The van der Waals surface area contributed by atoms with Gasteiger partial charge in [0, 0.05) is 33.3 Å². The molecule has 2 N–H and O–H groups in total. The highest BCUT2D eigenvalue weighted by atomic mass is 35.5. The SMILES string of the molecule is O=C(C[S@](=O)CC(=O)Nc1ccc2c(c1)OCCO2)Nc1ccc(Cl)cc1. The Morgan fingerprint density at radius 3 is 2.11 bits per heavy atom. The van der Waals surface area contributed by atoms with Crippen LogP contribution in [-0.4, -0.2) is 40.7 Å². The van der Waals surface area contributed by atoms with E-state index in [2.05, 4.69) is 10.6 Å². The number of rotatable bonds is 6. The number of amides is 2. The van der Waals surface area contributed by atoms with Crippen molar-refractivity contribution in [2.24, 2.45) is 0 Å². The van der Waals surface area contributed by atoms with Crippen LogP contribution in [0.3, 0.4) is 0 Å². The lowest BCUT2D eigenvalue weighted by molar-refractivity contribution is -0.114. The minimum absolute atomic E-state index is 0.281. The number of carbonyl (C=O) groups is 2. The van der Waals surface area contributed by atoms with Crippen LogP contribution in [0.15, 0.2) is 42.5 Å². The van der Waals surface area contributed by atoms with Crippen molar-refractivity contribution in [1.82, 2.24) is 0 Å². The standard InChI is InChI=1S/C18H17ClN2O5S/c19-12-1-3-13(4-2-12)20-17(22)10-27(24)11-18(23)21-14-5-6-15-16(9-14)26-8-7-25-15/h1-6,9H,7-8,10-11H2,(H,20,22)(H,21,23)/t27-/m0/s1. The van der Waals surface area contributed by atoms with Gasteiger partial charge in [-0.25, -0.2) is 0 Å². The molecule has 142 valence electrons. The molecule has 27 heavy (non-hydrogen) atoms. The smallest absolute Gasteiger partial charge is 0.237 e. The van der Waals surface area contributed by atoms with Crippen LogP contribution in [0.1, 0.15) is 0 Å². The molecule has 2 aromatic rings. The van der Waals surface area contributed by atoms with Gasteiger partial charge in [-0.1, -0.05) is 11.6 Å². The third-order valence-corrected chi connectivity index (χ3v) is 4.96. The van der Waals surface area contributed by atoms with Crippen LogP contribution in [0.5, 0.6) is 11.5 Å². The third kappa shape index (κ3) is 5.70. The lowest BCUT2D eigenvalue weighted by Gasteiger charge is -2.19. The zero-order chi connectivity index (χ0) is 19.2. The quantitative estimate of drug-likeness (QED) is 0.765.